The van der Waals surface area contributed by atoms with Gasteiger partial charge >= 0.3 is 6.18 Å². The van der Waals surface area contributed by atoms with Crippen LogP contribution in [0.3, 0.4) is 0 Å². The van der Waals surface area contributed by atoms with Gasteiger partial charge in [0.25, 0.3) is 17.4 Å². The van der Waals surface area contributed by atoms with E-state index >= 15 is 0 Å². The number of pyridine rings is 1. The molecular weight excluding hydrogens is 581 g/mol. The quantitative estimate of drug-likeness (QED) is 0.451. The summed E-state index contributed by atoms with van der Waals surface area (Å²) in [6, 6.07) is 5.84. The fourth-order valence-electron chi connectivity index (χ4n) is 4.35. The molecule has 2 amide bonds. The highest BCUT2D eigenvalue weighted by molar-refractivity contribution is 9.10. The van der Waals surface area contributed by atoms with Crippen molar-refractivity contribution in [3.8, 4) is 5.69 Å². The second-order valence-corrected chi connectivity index (χ2v) is 10.3. The van der Waals surface area contributed by atoms with Crippen molar-refractivity contribution in [2.24, 2.45) is 0 Å². The van der Waals surface area contributed by atoms with E-state index in [0.717, 1.165) is 6.07 Å². The van der Waals surface area contributed by atoms with Crippen molar-refractivity contribution in [1.82, 2.24) is 24.8 Å². The van der Waals surface area contributed by atoms with Crippen molar-refractivity contribution >= 4 is 33.7 Å². The number of anilines is 1. The van der Waals surface area contributed by atoms with E-state index < -0.39 is 23.7 Å². The predicted molar refractivity (Wildman–Crippen MR) is 142 cm³/mol. The largest absolute Gasteiger partial charge is 0.417 e. The molecule has 0 bridgehead atoms. The number of amides is 2. The molecule has 2 aromatic heterocycles. The van der Waals surface area contributed by atoms with Crippen molar-refractivity contribution in [1.29, 1.82) is 0 Å². The molecule has 0 unspecified atom stereocenters. The maximum absolute atomic E-state index is 13.7. The van der Waals surface area contributed by atoms with Crippen LogP contribution < -0.4 is 16.2 Å². The normalized spacial score (nSPS) is 15.2. The molecule has 0 saturated heterocycles. The van der Waals surface area contributed by atoms with Crippen LogP contribution >= 0.6 is 15.9 Å². The summed E-state index contributed by atoms with van der Waals surface area (Å²) >= 11 is 2.90. The first-order valence-electron chi connectivity index (χ1n) is 12.1. The third-order valence-corrected chi connectivity index (χ3v) is 6.97. The van der Waals surface area contributed by atoms with Crippen LogP contribution in [0.25, 0.3) is 5.69 Å². The number of aromatic nitrogens is 3. The Bertz CT molecular complexity index is 1490. The smallest absolute Gasteiger partial charge is 0.354 e. The fourth-order valence-corrected chi connectivity index (χ4v) is 4.82. The van der Waals surface area contributed by atoms with Crippen molar-refractivity contribution < 1.29 is 22.8 Å². The number of alkyl halides is 3. The Kier molecular flexibility index (Phi) is 7.82. The van der Waals surface area contributed by atoms with Gasteiger partial charge in [-0.25, -0.2) is 14.5 Å². The second-order valence-electron chi connectivity index (χ2n) is 9.46. The van der Waals surface area contributed by atoms with E-state index in [9.17, 15) is 27.6 Å². The van der Waals surface area contributed by atoms with Crippen LogP contribution in [0, 0.1) is 0 Å². The molecule has 0 spiro atoms. The number of hydrogen-bond donors (Lipinski definition) is 2. The highest BCUT2D eigenvalue weighted by atomic mass is 79.9. The molecule has 1 aliphatic rings. The second kappa shape index (κ2) is 10.8. The zero-order valence-electron chi connectivity index (χ0n) is 21.6. The van der Waals surface area contributed by atoms with Gasteiger partial charge < -0.3 is 15.5 Å². The van der Waals surface area contributed by atoms with E-state index in [1.807, 2.05) is 13.8 Å². The molecule has 13 heteroatoms. The SMILES string of the molecule is CNC(=O)c1ccc(-n2c(NC(C)C)nc3c(c2=O)C[C@@H](C)N(C(=O)c2ccc(Br)c(C(F)(F)F)c2)C3)cn1. The Morgan fingerprint density at radius 3 is 2.49 bits per heavy atom. The van der Waals surface area contributed by atoms with Crippen molar-refractivity contribution in [2.45, 2.75) is 52.0 Å². The summed E-state index contributed by atoms with van der Waals surface area (Å²) in [7, 11) is 1.49. The minimum Gasteiger partial charge on any atom is -0.354 e. The van der Waals surface area contributed by atoms with Crippen molar-refractivity contribution in [2.75, 3.05) is 12.4 Å². The molecule has 0 fully saturated rings. The predicted octanol–water partition coefficient (Wildman–Crippen LogP) is 4.18. The highest BCUT2D eigenvalue weighted by Gasteiger charge is 2.36. The van der Waals surface area contributed by atoms with Crippen LogP contribution in [0.1, 0.15) is 58.4 Å². The number of nitrogens with one attached hydrogen (secondary N) is 2. The van der Waals surface area contributed by atoms with Crippen LogP contribution in [0.15, 0.2) is 45.8 Å². The standard InChI is InChI=1S/C26H26BrF3N6O3/c1-13(2)33-25-34-21-12-35(23(38)15-5-7-19(27)18(10-15)26(28,29)30)14(3)9-17(21)24(39)36(25)16-6-8-20(32-11-16)22(37)31-4/h5-8,10-11,13-14H,9,12H2,1-4H3,(H,31,37)(H,33,34)/t14-/m1/s1. The summed E-state index contributed by atoms with van der Waals surface area (Å²) < 4.78 is 41.5. The lowest BCUT2D eigenvalue weighted by molar-refractivity contribution is -0.138. The van der Waals surface area contributed by atoms with Gasteiger partial charge in [-0.15, -0.1) is 0 Å². The Labute approximate surface area is 230 Å². The summed E-state index contributed by atoms with van der Waals surface area (Å²) in [6.45, 7) is 5.41. The van der Waals surface area contributed by atoms with Crippen LogP contribution in [0.4, 0.5) is 19.1 Å². The lowest BCUT2D eigenvalue weighted by Gasteiger charge is -2.35. The molecule has 0 radical (unpaired) electrons. The zero-order chi connectivity index (χ0) is 28.6. The van der Waals surface area contributed by atoms with E-state index in [-0.39, 0.29) is 52.2 Å². The van der Waals surface area contributed by atoms with Crippen LogP contribution in [0.5, 0.6) is 0 Å². The third kappa shape index (κ3) is 5.68. The molecule has 206 valence electrons. The van der Waals surface area contributed by atoms with Gasteiger partial charge in [0.1, 0.15) is 5.69 Å². The Morgan fingerprint density at radius 2 is 1.90 bits per heavy atom. The molecule has 3 heterocycles. The molecule has 2 N–H and O–H groups in total. The molecule has 3 aromatic rings. The van der Waals surface area contributed by atoms with Crippen molar-refractivity contribution in [3.63, 3.8) is 0 Å². The molecule has 0 saturated carbocycles. The Hall–Kier alpha value is -3.74. The number of rotatable bonds is 5. The molecule has 0 aliphatic carbocycles. The first-order valence-corrected chi connectivity index (χ1v) is 12.9. The molecule has 39 heavy (non-hydrogen) atoms. The van der Waals surface area contributed by atoms with Gasteiger partial charge in [0.2, 0.25) is 5.95 Å². The number of fused-ring (bicyclic) bond motifs is 1. The average Bonchev–Trinajstić information content (AvgIpc) is 2.87. The summed E-state index contributed by atoms with van der Waals surface area (Å²) in [5, 5.41) is 5.63. The zero-order valence-corrected chi connectivity index (χ0v) is 23.1. The van der Waals surface area contributed by atoms with E-state index in [1.54, 1.807) is 13.0 Å². The minimum atomic E-state index is -4.63. The maximum atomic E-state index is 13.7. The summed E-state index contributed by atoms with van der Waals surface area (Å²) in [6.07, 6.45) is -3.08. The molecule has 4 rings (SSSR count). The molecule has 1 aromatic carbocycles. The molecule has 1 atom stereocenters. The summed E-state index contributed by atoms with van der Waals surface area (Å²) in [4.78, 5) is 49.2. The number of hydrogen-bond acceptors (Lipinski definition) is 6. The summed E-state index contributed by atoms with van der Waals surface area (Å²) in [5.41, 5.74) is -0.0952. The van der Waals surface area contributed by atoms with Gasteiger partial charge in [0, 0.05) is 34.7 Å². The van der Waals surface area contributed by atoms with Gasteiger partial charge in [-0.2, -0.15) is 13.2 Å². The van der Waals surface area contributed by atoms with E-state index in [1.165, 1.54) is 40.9 Å². The fraction of sp³-hybridized carbons (Fsp3) is 0.346. The summed E-state index contributed by atoms with van der Waals surface area (Å²) in [5.74, 6) is -0.748. The van der Waals surface area contributed by atoms with Gasteiger partial charge in [0.15, 0.2) is 0 Å². The number of carbonyl (C=O) groups excluding carboxylic acids is 2. The molecule has 9 nitrogen and oxygen atoms in total. The van der Waals surface area contributed by atoms with Gasteiger partial charge in [0.05, 0.1) is 29.7 Å². The van der Waals surface area contributed by atoms with E-state index in [2.05, 4.69) is 36.5 Å². The number of carbonyl (C=O) groups is 2. The third-order valence-electron chi connectivity index (χ3n) is 6.28. The lowest BCUT2D eigenvalue weighted by Crippen LogP contribution is -2.46. The lowest BCUT2D eigenvalue weighted by atomic mass is 9.98. The van der Waals surface area contributed by atoms with Gasteiger partial charge in [-0.3, -0.25) is 14.4 Å². The van der Waals surface area contributed by atoms with Gasteiger partial charge in [-0.1, -0.05) is 15.9 Å². The van der Waals surface area contributed by atoms with E-state index in [0.29, 0.717) is 16.9 Å². The van der Waals surface area contributed by atoms with Crippen LogP contribution in [-0.4, -0.2) is 50.4 Å². The first kappa shape index (κ1) is 28.3. The number of nitrogens with zero attached hydrogens (tertiary/aromatic N) is 4. The maximum Gasteiger partial charge on any atom is 0.417 e. The number of halogens is 4. The topological polar surface area (TPSA) is 109 Å². The number of benzene rings is 1. The first-order chi connectivity index (χ1) is 18.3. The van der Waals surface area contributed by atoms with Crippen LogP contribution in [0.2, 0.25) is 0 Å². The van der Waals surface area contributed by atoms with E-state index in [4.69, 9.17) is 0 Å². The molecular formula is C26H26BrF3N6O3. The minimum absolute atomic E-state index is 0.0521. The molecule has 1 aliphatic heterocycles. The van der Waals surface area contributed by atoms with Crippen molar-refractivity contribution in [3.05, 3.63) is 79.4 Å². The monoisotopic (exact) mass is 606 g/mol. The van der Waals surface area contributed by atoms with Crippen LogP contribution in [-0.2, 0) is 19.1 Å². The Balaban J connectivity index is 1.75. The average molecular weight is 607 g/mol. The van der Waals surface area contributed by atoms with Gasteiger partial charge in [-0.05, 0) is 57.5 Å². The highest BCUT2D eigenvalue weighted by Crippen LogP contribution is 2.36. The Morgan fingerprint density at radius 1 is 1.18 bits per heavy atom.